The van der Waals surface area contributed by atoms with Gasteiger partial charge in [0, 0.05) is 25.2 Å². The van der Waals surface area contributed by atoms with Gasteiger partial charge in [-0.25, -0.2) is 0 Å². The molecule has 148 valence electrons. The molecule has 8 nitrogen and oxygen atoms in total. The fourth-order valence-electron chi connectivity index (χ4n) is 2.71. The molecule has 0 aliphatic carbocycles. The third-order valence-corrected chi connectivity index (χ3v) is 6.07. The van der Waals surface area contributed by atoms with Crippen molar-refractivity contribution in [3.63, 3.8) is 0 Å². The van der Waals surface area contributed by atoms with E-state index in [0.29, 0.717) is 22.6 Å². The minimum Gasteiger partial charge on any atom is -0.355 e. The Kier molecular flexibility index (Phi) is 6.99. The van der Waals surface area contributed by atoms with Crippen LogP contribution in [0.15, 0.2) is 34.7 Å². The zero-order valence-corrected chi connectivity index (χ0v) is 17.0. The molecular weight excluding hydrogens is 398 g/mol. The number of anilines is 2. The molecule has 2 N–H and O–H groups in total. The van der Waals surface area contributed by atoms with E-state index in [1.807, 2.05) is 37.3 Å². The Morgan fingerprint density at radius 2 is 2.07 bits per heavy atom. The summed E-state index contributed by atoms with van der Waals surface area (Å²) in [6, 6.07) is 9.30. The van der Waals surface area contributed by atoms with Gasteiger partial charge in [0.25, 0.3) is 0 Å². The molecule has 0 spiro atoms. The third kappa shape index (κ3) is 5.29. The highest BCUT2D eigenvalue weighted by Crippen LogP contribution is 2.28. The van der Waals surface area contributed by atoms with Crippen LogP contribution in [0, 0.1) is 5.92 Å². The van der Waals surface area contributed by atoms with Gasteiger partial charge in [0.2, 0.25) is 22.9 Å². The molecule has 1 atom stereocenters. The van der Waals surface area contributed by atoms with Gasteiger partial charge in [-0.1, -0.05) is 48.2 Å². The van der Waals surface area contributed by atoms with Crippen molar-refractivity contribution in [2.45, 2.75) is 24.1 Å². The summed E-state index contributed by atoms with van der Waals surface area (Å²) in [5.41, 5.74) is 0.791. The number of aromatic nitrogens is 2. The number of nitrogens with one attached hydrogen (secondary N) is 2. The van der Waals surface area contributed by atoms with Crippen molar-refractivity contribution in [2.75, 3.05) is 29.1 Å². The smallest absolute Gasteiger partial charge is 0.231 e. The Morgan fingerprint density at radius 3 is 2.82 bits per heavy atom. The fraction of sp³-hybridized carbons (Fsp3) is 0.389. The number of para-hydroxylation sites is 1. The zero-order chi connectivity index (χ0) is 19.9. The quantitative estimate of drug-likeness (QED) is 0.502. The molecule has 0 radical (unpaired) electrons. The van der Waals surface area contributed by atoms with Crippen LogP contribution < -0.4 is 15.5 Å². The molecule has 1 aromatic carbocycles. The first-order valence-corrected chi connectivity index (χ1v) is 10.8. The first-order chi connectivity index (χ1) is 13.6. The van der Waals surface area contributed by atoms with Crippen molar-refractivity contribution in [3.8, 4) is 0 Å². The molecule has 0 unspecified atom stereocenters. The lowest BCUT2D eigenvalue weighted by Gasteiger charge is -2.16. The topological polar surface area (TPSA) is 104 Å². The van der Waals surface area contributed by atoms with E-state index in [2.05, 4.69) is 20.8 Å². The van der Waals surface area contributed by atoms with E-state index in [-0.39, 0.29) is 29.9 Å². The summed E-state index contributed by atoms with van der Waals surface area (Å²) in [6.45, 7) is 2.98. The average molecular weight is 420 g/mol. The van der Waals surface area contributed by atoms with E-state index in [1.165, 1.54) is 23.1 Å². The number of carbonyl (C=O) groups excluding carboxylic acids is 3. The number of benzene rings is 1. The molecule has 2 heterocycles. The van der Waals surface area contributed by atoms with Crippen LogP contribution in [0.4, 0.5) is 10.8 Å². The van der Waals surface area contributed by atoms with Crippen molar-refractivity contribution in [2.24, 2.45) is 5.92 Å². The normalized spacial score (nSPS) is 16.2. The Balaban J connectivity index is 1.51. The largest absolute Gasteiger partial charge is 0.355 e. The van der Waals surface area contributed by atoms with Gasteiger partial charge >= 0.3 is 0 Å². The van der Waals surface area contributed by atoms with Gasteiger partial charge < -0.3 is 15.5 Å². The van der Waals surface area contributed by atoms with E-state index in [0.717, 1.165) is 12.1 Å². The van der Waals surface area contributed by atoms with Crippen molar-refractivity contribution in [1.29, 1.82) is 0 Å². The predicted molar refractivity (Wildman–Crippen MR) is 109 cm³/mol. The number of rotatable bonds is 8. The first kappa shape index (κ1) is 20.3. The zero-order valence-electron chi connectivity index (χ0n) is 15.4. The molecule has 0 bridgehead atoms. The number of thioether (sulfide) groups is 1. The minimum absolute atomic E-state index is 0.0573. The molecular formula is C18H21N5O3S2. The van der Waals surface area contributed by atoms with E-state index < -0.39 is 5.92 Å². The Hall–Kier alpha value is -2.46. The summed E-state index contributed by atoms with van der Waals surface area (Å²) in [7, 11) is 0. The van der Waals surface area contributed by atoms with Crippen molar-refractivity contribution < 1.29 is 14.4 Å². The fourth-order valence-corrected chi connectivity index (χ4v) is 4.29. The van der Waals surface area contributed by atoms with Gasteiger partial charge in [-0.05, 0) is 18.6 Å². The van der Waals surface area contributed by atoms with Crippen LogP contribution in [0.2, 0.25) is 0 Å². The van der Waals surface area contributed by atoms with E-state index >= 15 is 0 Å². The summed E-state index contributed by atoms with van der Waals surface area (Å²) in [5.74, 6) is -0.560. The van der Waals surface area contributed by atoms with Crippen LogP contribution in [0.3, 0.4) is 0 Å². The maximum Gasteiger partial charge on any atom is 0.231 e. The summed E-state index contributed by atoms with van der Waals surface area (Å²) < 4.78 is 0.607. The minimum atomic E-state index is -0.437. The second kappa shape index (κ2) is 9.65. The van der Waals surface area contributed by atoms with Gasteiger partial charge in [0.15, 0.2) is 4.34 Å². The maximum absolute atomic E-state index is 12.5. The molecule has 1 aromatic heterocycles. The van der Waals surface area contributed by atoms with E-state index in [1.54, 1.807) is 4.90 Å². The standard InChI is InChI=1S/C18H21N5O3S2/c1-2-8-19-14(24)11-27-18-22-21-17(28-18)20-16(26)12-9-15(25)23(10-12)13-6-4-3-5-7-13/h3-7,12H,2,8-11H2,1H3,(H,19,24)(H,20,21,26)/t12-/m1/s1. The highest BCUT2D eigenvalue weighted by molar-refractivity contribution is 8.01. The molecule has 3 amide bonds. The Morgan fingerprint density at radius 1 is 1.29 bits per heavy atom. The highest BCUT2D eigenvalue weighted by Gasteiger charge is 2.35. The van der Waals surface area contributed by atoms with Gasteiger partial charge in [-0.3, -0.25) is 14.4 Å². The monoisotopic (exact) mass is 419 g/mol. The lowest BCUT2D eigenvalue weighted by molar-refractivity contribution is -0.122. The van der Waals surface area contributed by atoms with Gasteiger partial charge in [-0.15, -0.1) is 10.2 Å². The van der Waals surface area contributed by atoms with Crippen LogP contribution in [-0.2, 0) is 14.4 Å². The molecule has 3 rings (SSSR count). The summed E-state index contributed by atoms with van der Waals surface area (Å²) in [4.78, 5) is 38.0. The summed E-state index contributed by atoms with van der Waals surface area (Å²) in [5, 5.41) is 13.8. The second-order valence-electron chi connectivity index (χ2n) is 6.24. The maximum atomic E-state index is 12.5. The molecule has 1 aliphatic rings. The number of carbonyl (C=O) groups is 3. The lowest BCUT2D eigenvalue weighted by Crippen LogP contribution is -2.28. The Bertz CT molecular complexity index is 843. The van der Waals surface area contributed by atoms with Crippen molar-refractivity contribution >= 4 is 51.6 Å². The molecule has 1 aliphatic heterocycles. The number of amides is 3. The molecule has 28 heavy (non-hydrogen) atoms. The summed E-state index contributed by atoms with van der Waals surface area (Å²) in [6.07, 6.45) is 1.05. The number of nitrogens with zero attached hydrogens (tertiary/aromatic N) is 3. The molecule has 1 fully saturated rings. The van der Waals surface area contributed by atoms with Crippen LogP contribution in [0.25, 0.3) is 0 Å². The predicted octanol–water partition coefficient (Wildman–Crippen LogP) is 2.15. The average Bonchev–Trinajstić information content (AvgIpc) is 3.31. The van der Waals surface area contributed by atoms with E-state index in [4.69, 9.17) is 0 Å². The number of hydrogen-bond acceptors (Lipinski definition) is 7. The van der Waals surface area contributed by atoms with E-state index in [9.17, 15) is 14.4 Å². The van der Waals surface area contributed by atoms with Gasteiger partial charge in [0.1, 0.15) is 0 Å². The molecule has 0 saturated carbocycles. The SMILES string of the molecule is CCCNC(=O)CSc1nnc(NC(=O)[C@@H]2CC(=O)N(c3ccccc3)C2)s1. The van der Waals surface area contributed by atoms with Crippen molar-refractivity contribution in [1.82, 2.24) is 15.5 Å². The molecule has 2 aromatic rings. The molecule has 10 heteroatoms. The highest BCUT2D eigenvalue weighted by atomic mass is 32.2. The van der Waals surface area contributed by atoms with Crippen LogP contribution in [0.5, 0.6) is 0 Å². The van der Waals surface area contributed by atoms with Crippen LogP contribution >= 0.6 is 23.1 Å². The second-order valence-corrected chi connectivity index (χ2v) is 8.44. The third-order valence-electron chi connectivity index (χ3n) is 4.10. The Labute approximate surface area is 171 Å². The van der Waals surface area contributed by atoms with Crippen LogP contribution in [-0.4, -0.2) is 46.8 Å². The van der Waals surface area contributed by atoms with Gasteiger partial charge in [-0.2, -0.15) is 0 Å². The summed E-state index contributed by atoms with van der Waals surface area (Å²) >= 11 is 2.49. The van der Waals surface area contributed by atoms with Gasteiger partial charge in [0.05, 0.1) is 11.7 Å². The lowest BCUT2D eigenvalue weighted by atomic mass is 10.1. The van der Waals surface area contributed by atoms with Crippen LogP contribution in [0.1, 0.15) is 19.8 Å². The number of hydrogen-bond donors (Lipinski definition) is 2. The van der Waals surface area contributed by atoms with Crippen molar-refractivity contribution in [3.05, 3.63) is 30.3 Å². The first-order valence-electron chi connectivity index (χ1n) is 8.96. The molecule has 1 saturated heterocycles.